The summed E-state index contributed by atoms with van der Waals surface area (Å²) in [5.74, 6) is 0.428. The highest BCUT2D eigenvalue weighted by Crippen LogP contribution is 2.42. The predicted molar refractivity (Wildman–Crippen MR) is 109 cm³/mol. The molecule has 0 saturated heterocycles. The third kappa shape index (κ3) is 3.56. The summed E-state index contributed by atoms with van der Waals surface area (Å²) < 4.78 is 11.5. The molecule has 0 unspecified atom stereocenters. The lowest BCUT2D eigenvalue weighted by atomic mass is 9.96. The average Bonchev–Trinajstić information content (AvgIpc) is 2.70. The highest BCUT2D eigenvalue weighted by Gasteiger charge is 2.20. The fourth-order valence-electron chi connectivity index (χ4n) is 3.39. The van der Waals surface area contributed by atoms with Gasteiger partial charge in [-0.3, -0.25) is 4.98 Å². The summed E-state index contributed by atoms with van der Waals surface area (Å²) in [6, 6.07) is 14.7. The maximum atomic E-state index is 11.5. The molecule has 0 aliphatic rings. The highest BCUT2D eigenvalue weighted by molar-refractivity contribution is 5.96. The smallest absolute Gasteiger partial charge is 0.336 e. The van der Waals surface area contributed by atoms with Gasteiger partial charge < -0.3 is 14.6 Å². The van der Waals surface area contributed by atoms with Gasteiger partial charge in [0.05, 0.1) is 36.2 Å². The van der Waals surface area contributed by atoms with Crippen LogP contribution in [-0.4, -0.2) is 29.8 Å². The Morgan fingerprint density at radius 2 is 1.57 bits per heavy atom. The molecule has 0 atom stereocenters. The number of aromatic nitrogens is 1. The number of carboxylic acids is 1. The minimum Gasteiger partial charge on any atom is -0.494 e. The fourth-order valence-corrected chi connectivity index (χ4v) is 3.39. The van der Waals surface area contributed by atoms with Gasteiger partial charge in [-0.1, -0.05) is 42.5 Å². The van der Waals surface area contributed by atoms with E-state index < -0.39 is 5.97 Å². The molecule has 1 heterocycles. The lowest BCUT2D eigenvalue weighted by Crippen LogP contribution is -2.03. The topological polar surface area (TPSA) is 68.7 Å². The van der Waals surface area contributed by atoms with Crippen LogP contribution < -0.4 is 9.47 Å². The van der Waals surface area contributed by atoms with Gasteiger partial charge in [-0.2, -0.15) is 0 Å². The molecule has 144 valence electrons. The van der Waals surface area contributed by atoms with E-state index >= 15 is 0 Å². The summed E-state index contributed by atoms with van der Waals surface area (Å²) in [7, 11) is 1.62. The van der Waals surface area contributed by atoms with Crippen molar-refractivity contribution in [3.8, 4) is 33.8 Å². The zero-order chi connectivity index (χ0) is 20.3. The van der Waals surface area contributed by atoms with Gasteiger partial charge in [-0.25, -0.2) is 4.79 Å². The van der Waals surface area contributed by atoms with E-state index in [2.05, 4.69) is 4.98 Å². The molecule has 3 rings (SSSR count). The molecule has 0 amide bonds. The second-order valence-corrected chi connectivity index (χ2v) is 6.38. The number of hydrogen-bond acceptors (Lipinski definition) is 4. The van der Waals surface area contributed by atoms with Crippen LogP contribution >= 0.6 is 0 Å². The summed E-state index contributed by atoms with van der Waals surface area (Å²) in [4.78, 5) is 16.0. The quantitative estimate of drug-likeness (QED) is 0.644. The Morgan fingerprint density at radius 3 is 2.18 bits per heavy atom. The zero-order valence-electron chi connectivity index (χ0n) is 16.4. The number of carbonyl (C=O) groups is 1. The summed E-state index contributed by atoms with van der Waals surface area (Å²) in [6.07, 6.45) is 0. The van der Waals surface area contributed by atoms with Crippen molar-refractivity contribution in [2.75, 3.05) is 13.7 Å². The minimum atomic E-state index is -0.944. The van der Waals surface area contributed by atoms with Gasteiger partial charge in [-0.15, -0.1) is 0 Å². The van der Waals surface area contributed by atoms with Crippen LogP contribution in [0, 0.1) is 13.8 Å². The van der Waals surface area contributed by atoms with Crippen molar-refractivity contribution in [3.63, 3.8) is 0 Å². The Labute approximate surface area is 164 Å². The third-order valence-corrected chi connectivity index (χ3v) is 4.58. The molecular weight excluding hydrogens is 354 g/mol. The molecule has 0 fully saturated rings. The van der Waals surface area contributed by atoms with Gasteiger partial charge >= 0.3 is 5.97 Å². The number of hydrogen-bond donors (Lipinski definition) is 1. The van der Waals surface area contributed by atoms with E-state index in [-0.39, 0.29) is 5.56 Å². The highest BCUT2D eigenvalue weighted by atomic mass is 16.5. The van der Waals surface area contributed by atoms with Crippen LogP contribution in [0.2, 0.25) is 0 Å². The molecule has 0 bridgehead atoms. The molecule has 2 aromatic carbocycles. The van der Waals surface area contributed by atoms with Crippen LogP contribution in [0.1, 0.15) is 28.7 Å². The maximum Gasteiger partial charge on any atom is 0.336 e. The second-order valence-electron chi connectivity index (χ2n) is 6.38. The normalized spacial score (nSPS) is 10.6. The van der Waals surface area contributed by atoms with Crippen molar-refractivity contribution in [1.29, 1.82) is 0 Å². The molecule has 28 heavy (non-hydrogen) atoms. The van der Waals surface area contributed by atoms with Gasteiger partial charge in [0.1, 0.15) is 0 Å². The Hall–Kier alpha value is -3.34. The molecule has 0 radical (unpaired) electrons. The number of methoxy groups -OCH3 is 1. The van der Waals surface area contributed by atoms with E-state index in [1.165, 1.54) is 0 Å². The van der Waals surface area contributed by atoms with E-state index in [4.69, 9.17) is 9.47 Å². The second kappa shape index (κ2) is 8.13. The Kier molecular flexibility index (Phi) is 5.64. The summed E-state index contributed by atoms with van der Waals surface area (Å²) in [5, 5.41) is 9.44. The molecule has 5 nitrogen and oxygen atoms in total. The zero-order valence-corrected chi connectivity index (χ0v) is 16.4. The SMILES string of the molecule is CCOc1c(C)nc(C)c(OC)c1-c1ccc(-c2ccccc2C(=O)O)cc1. The summed E-state index contributed by atoms with van der Waals surface area (Å²) in [5.41, 5.74) is 5.16. The molecule has 5 heteroatoms. The number of ether oxygens (including phenoxy) is 2. The molecule has 0 aliphatic heterocycles. The van der Waals surface area contributed by atoms with E-state index in [1.54, 1.807) is 19.2 Å². The van der Waals surface area contributed by atoms with Crippen molar-refractivity contribution in [2.24, 2.45) is 0 Å². The monoisotopic (exact) mass is 377 g/mol. The van der Waals surface area contributed by atoms with E-state index in [1.807, 2.05) is 57.2 Å². The van der Waals surface area contributed by atoms with Crippen LogP contribution in [0.25, 0.3) is 22.3 Å². The standard InChI is InChI=1S/C23H23NO4/c1-5-28-22-15(3)24-14(2)21(27-4)20(22)17-12-10-16(11-13-17)18-8-6-7-9-19(18)23(25)26/h6-13H,5H2,1-4H3,(H,25,26). The van der Waals surface area contributed by atoms with Crippen LogP contribution in [0.5, 0.6) is 11.5 Å². The Balaban J connectivity index is 2.14. The van der Waals surface area contributed by atoms with Crippen LogP contribution in [-0.2, 0) is 0 Å². The first-order valence-electron chi connectivity index (χ1n) is 9.09. The number of carboxylic acid groups (broad SMARTS) is 1. The molecular formula is C23H23NO4. The van der Waals surface area contributed by atoms with Crippen LogP contribution in [0.3, 0.4) is 0 Å². The summed E-state index contributed by atoms with van der Waals surface area (Å²) >= 11 is 0. The first-order chi connectivity index (χ1) is 13.5. The molecule has 0 spiro atoms. The predicted octanol–water partition coefficient (Wildman–Crippen LogP) is 5.14. The van der Waals surface area contributed by atoms with Crippen molar-refractivity contribution in [3.05, 3.63) is 65.5 Å². The van der Waals surface area contributed by atoms with Crippen molar-refractivity contribution < 1.29 is 19.4 Å². The molecule has 0 saturated carbocycles. The molecule has 1 N–H and O–H groups in total. The van der Waals surface area contributed by atoms with Crippen molar-refractivity contribution in [2.45, 2.75) is 20.8 Å². The van der Waals surface area contributed by atoms with Crippen molar-refractivity contribution >= 4 is 5.97 Å². The first kappa shape index (κ1) is 19.4. The number of benzene rings is 2. The number of rotatable bonds is 6. The van der Waals surface area contributed by atoms with Crippen LogP contribution in [0.4, 0.5) is 0 Å². The third-order valence-electron chi connectivity index (χ3n) is 4.58. The number of pyridine rings is 1. The maximum absolute atomic E-state index is 11.5. The largest absolute Gasteiger partial charge is 0.494 e. The van der Waals surface area contributed by atoms with Crippen molar-refractivity contribution in [1.82, 2.24) is 4.98 Å². The van der Waals surface area contributed by atoms with Gasteiger partial charge in [0, 0.05) is 0 Å². The first-order valence-corrected chi connectivity index (χ1v) is 9.09. The number of aromatic carboxylic acids is 1. The van der Waals surface area contributed by atoms with Gasteiger partial charge in [0.15, 0.2) is 11.5 Å². The Morgan fingerprint density at radius 1 is 0.964 bits per heavy atom. The lowest BCUT2D eigenvalue weighted by Gasteiger charge is -2.18. The number of aryl methyl sites for hydroxylation is 2. The van der Waals surface area contributed by atoms with Gasteiger partial charge in [-0.05, 0) is 43.5 Å². The molecule has 3 aromatic rings. The van der Waals surface area contributed by atoms with E-state index in [0.29, 0.717) is 23.7 Å². The number of nitrogens with zero attached hydrogens (tertiary/aromatic N) is 1. The lowest BCUT2D eigenvalue weighted by molar-refractivity contribution is 0.0697. The van der Waals surface area contributed by atoms with Gasteiger partial charge in [0.2, 0.25) is 0 Å². The van der Waals surface area contributed by atoms with E-state index in [9.17, 15) is 9.90 Å². The summed E-state index contributed by atoms with van der Waals surface area (Å²) in [6.45, 7) is 6.27. The van der Waals surface area contributed by atoms with E-state index in [0.717, 1.165) is 28.1 Å². The molecule has 1 aromatic heterocycles. The van der Waals surface area contributed by atoms with Gasteiger partial charge in [0.25, 0.3) is 0 Å². The van der Waals surface area contributed by atoms with Crippen LogP contribution in [0.15, 0.2) is 48.5 Å². The minimum absolute atomic E-state index is 0.276. The Bertz CT molecular complexity index is 1010. The molecule has 0 aliphatic carbocycles. The average molecular weight is 377 g/mol. The fraction of sp³-hybridized carbons (Fsp3) is 0.217.